The molecule has 1 fully saturated rings. The van der Waals surface area contributed by atoms with E-state index in [4.69, 9.17) is 5.73 Å². The Morgan fingerprint density at radius 2 is 2.06 bits per heavy atom. The fraction of sp³-hybridized carbons (Fsp3) is 0.462. The lowest BCUT2D eigenvalue weighted by Crippen LogP contribution is -2.33. The maximum Gasteiger partial charge on any atom is 0.243 e. The van der Waals surface area contributed by atoms with Crippen LogP contribution in [-0.2, 0) is 11.2 Å². The molecule has 3 heteroatoms. The van der Waals surface area contributed by atoms with Gasteiger partial charge in [-0.05, 0) is 30.5 Å². The Morgan fingerprint density at radius 3 is 2.56 bits per heavy atom. The molecule has 3 nitrogen and oxygen atoms in total. The zero-order valence-corrected chi connectivity index (χ0v) is 9.65. The molecular weight excluding hydrogens is 200 g/mol. The van der Waals surface area contributed by atoms with E-state index >= 15 is 0 Å². The molecule has 1 amide bonds. The SMILES string of the molecule is CCCc1ccc(N2CCC(N)C2=O)cc1. The van der Waals surface area contributed by atoms with E-state index in [0.717, 1.165) is 31.5 Å². The van der Waals surface area contributed by atoms with Crippen LogP contribution in [0.3, 0.4) is 0 Å². The summed E-state index contributed by atoms with van der Waals surface area (Å²) in [7, 11) is 0. The van der Waals surface area contributed by atoms with Gasteiger partial charge in [0.2, 0.25) is 5.91 Å². The minimum atomic E-state index is -0.310. The fourth-order valence-electron chi connectivity index (χ4n) is 2.09. The standard InChI is InChI=1S/C13H18N2O/c1-2-3-10-4-6-11(7-5-10)15-9-8-12(14)13(15)16/h4-7,12H,2-3,8-9,14H2,1H3. The summed E-state index contributed by atoms with van der Waals surface area (Å²) in [6.07, 6.45) is 3.00. The van der Waals surface area contributed by atoms with Gasteiger partial charge in [-0.2, -0.15) is 0 Å². The lowest BCUT2D eigenvalue weighted by Gasteiger charge is -2.16. The second kappa shape index (κ2) is 4.66. The zero-order valence-electron chi connectivity index (χ0n) is 9.65. The molecule has 1 heterocycles. The molecular formula is C13H18N2O. The first kappa shape index (κ1) is 11.1. The van der Waals surface area contributed by atoms with Crippen molar-refractivity contribution in [2.75, 3.05) is 11.4 Å². The summed E-state index contributed by atoms with van der Waals surface area (Å²) in [4.78, 5) is 13.5. The lowest BCUT2D eigenvalue weighted by molar-refractivity contribution is -0.118. The number of nitrogens with two attached hydrogens (primary N) is 1. The number of carbonyl (C=O) groups excluding carboxylic acids is 1. The average molecular weight is 218 g/mol. The Balaban J connectivity index is 2.13. The van der Waals surface area contributed by atoms with Crippen molar-refractivity contribution in [3.05, 3.63) is 29.8 Å². The summed E-state index contributed by atoms with van der Waals surface area (Å²) in [5, 5.41) is 0. The summed E-state index contributed by atoms with van der Waals surface area (Å²) in [6.45, 7) is 2.91. The van der Waals surface area contributed by atoms with E-state index in [9.17, 15) is 4.79 Å². The fourth-order valence-corrected chi connectivity index (χ4v) is 2.09. The number of carbonyl (C=O) groups is 1. The van der Waals surface area contributed by atoms with Gasteiger partial charge in [0, 0.05) is 12.2 Å². The van der Waals surface area contributed by atoms with Crippen molar-refractivity contribution in [1.82, 2.24) is 0 Å². The van der Waals surface area contributed by atoms with Gasteiger partial charge in [-0.15, -0.1) is 0 Å². The van der Waals surface area contributed by atoms with Gasteiger partial charge in [-0.25, -0.2) is 0 Å². The third-order valence-electron chi connectivity index (χ3n) is 3.03. The normalized spacial score (nSPS) is 20.5. The maximum absolute atomic E-state index is 11.7. The van der Waals surface area contributed by atoms with Crippen molar-refractivity contribution >= 4 is 11.6 Å². The summed E-state index contributed by atoms with van der Waals surface area (Å²) >= 11 is 0. The number of hydrogen-bond acceptors (Lipinski definition) is 2. The van der Waals surface area contributed by atoms with Crippen LogP contribution in [0.4, 0.5) is 5.69 Å². The van der Waals surface area contributed by atoms with Crippen molar-refractivity contribution in [2.45, 2.75) is 32.2 Å². The molecule has 1 aliphatic rings. The quantitative estimate of drug-likeness (QED) is 0.839. The number of amides is 1. The molecule has 2 N–H and O–H groups in total. The molecule has 0 radical (unpaired) electrons. The highest BCUT2D eigenvalue weighted by Crippen LogP contribution is 2.21. The Labute approximate surface area is 96.2 Å². The molecule has 0 spiro atoms. The molecule has 0 bridgehead atoms. The predicted octanol–water partition coefficient (Wildman–Crippen LogP) is 1.70. The molecule has 1 atom stereocenters. The molecule has 1 aromatic carbocycles. The van der Waals surface area contributed by atoms with Crippen LogP contribution in [0.15, 0.2) is 24.3 Å². The highest BCUT2D eigenvalue weighted by Gasteiger charge is 2.29. The van der Waals surface area contributed by atoms with E-state index in [-0.39, 0.29) is 11.9 Å². The number of hydrogen-bond donors (Lipinski definition) is 1. The second-order valence-corrected chi connectivity index (χ2v) is 4.30. The van der Waals surface area contributed by atoms with Gasteiger partial charge in [-0.3, -0.25) is 4.79 Å². The predicted molar refractivity (Wildman–Crippen MR) is 65.4 cm³/mol. The van der Waals surface area contributed by atoms with Crippen LogP contribution < -0.4 is 10.6 Å². The molecule has 1 aromatic rings. The van der Waals surface area contributed by atoms with Gasteiger partial charge in [0.05, 0.1) is 6.04 Å². The molecule has 0 aromatic heterocycles. The zero-order chi connectivity index (χ0) is 11.5. The van der Waals surface area contributed by atoms with Crippen molar-refractivity contribution in [1.29, 1.82) is 0 Å². The summed E-state index contributed by atoms with van der Waals surface area (Å²) in [5.41, 5.74) is 7.98. The van der Waals surface area contributed by atoms with Crippen LogP contribution in [-0.4, -0.2) is 18.5 Å². The van der Waals surface area contributed by atoms with Crippen LogP contribution in [0.1, 0.15) is 25.3 Å². The van der Waals surface area contributed by atoms with Crippen molar-refractivity contribution in [3.63, 3.8) is 0 Å². The van der Waals surface area contributed by atoms with Gasteiger partial charge >= 0.3 is 0 Å². The Bertz CT molecular complexity index is 372. The minimum absolute atomic E-state index is 0.0447. The number of aryl methyl sites for hydroxylation is 1. The van der Waals surface area contributed by atoms with Gasteiger partial charge in [0.15, 0.2) is 0 Å². The monoisotopic (exact) mass is 218 g/mol. The lowest BCUT2D eigenvalue weighted by atomic mass is 10.1. The topological polar surface area (TPSA) is 46.3 Å². The van der Waals surface area contributed by atoms with E-state index < -0.39 is 0 Å². The van der Waals surface area contributed by atoms with E-state index in [0.29, 0.717) is 0 Å². The van der Waals surface area contributed by atoms with E-state index in [2.05, 4.69) is 19.1 Å². The number of benzene rings is 1. The Hall–Kier alpha value is -1.35. The largest absolute Gasteiger partial charge is 0.320 e. The highest BCUT2D eigenvalue weighted by molar-refractivity contribution is 5.99. The average Bonchev–Trinajstić information content (AvgIpc) is 2.62. The first-order valence-corrected chi connectivity index (χ1v) is 5.88. The summed E-state index contributed by atoms with van der Waals surface area (Å²) in [6, 6.07) is 7.91. The van der Waals surface area contributed by atoms with Crippen molar-refractivity contribution in [2.24, 2.45) is 5.73 Å². The molecule has 2 rings (SSSR count). The smallest absolute Gasteiger partial charge is 0.243 e. The van der Waals surface area contributed by atoms with E-state index in [1.165, 1.54) is 5.56 Å². The van der Waals surface area contributed by atoms with Gasteiger partial charge in [-0.1, -0.05) is 25.5 Å². The highest BCUT2D eigenvalue weighted by atomic mass is 16.2. The summed E-state index contributed by atoms with van der Waals surface area (Å²) < 4.78 is 0. The number of anilines is 1. The molecule has 1 aliphatic heterocycles. The third-order valence-corrected chi connectivity index (χ3v) is 3.03. The van der Waals surface area contributed by atoms with Crippen molar-refractivity contribution < 1.29 is 4.79 Å². The van der Waals surface area contributed by atoms with Crippen LogP contribution in [0, 0.1) is 0 Å². The second-order valence-electron chi connectivity index (χ2n) is 4.30. The van der Waals surface area contributed by atoms with Crippen LogP contribution >= 0.6 is 0 Å². The first-order chi connectivity index (χ1) is 7.72. The molecule has 0 saturated carbocycles. The van der Waals surface area contributed by atoms with Gasteiger partial charge < -0.3 is 10.6 Å². The molecule has 0 aliphatic carbocycles. The Kier molecular flexibility index (Phi) is 3.25. The van der Waals surface area contributed by atoms with Gasteiger partial charge in [0.1, 0.15) is 0 Å². The molecule has 1 saturated heterocycles. The van der Waals surface area contributed by atoms with Crippen molar-refractivity contribution in [3.8, 4) is 0 Å². The summed E-state index contributed by atoms with van der Waals surface area (Å²) in [5.74, 6) is 0.0447. The van der Waals surface area contributed by atoms with Crippen LogP contribution in [0.5, 0.6) is 0 Å². The van der Waals surface area contributed by atoms with E-state index in [1.54, 1.807) is 4.90 Å². The molecule has 86 valence electrons. The van der Waals surface area contributed by atoms with Gasteiger partial charge in [0.25, 0.3) is 0 Å². The molecule has 16 heavy (non-hydrogen) atoms. The van der Waals surface area contributed by atoms with E-state index in [1.807, 2.05) is 12.1 Å². The minimum Gasteiger partial charge on any atom is -0.320 e. The third kappa shape index (κ3) is 2.09. The number of nitrogens with zero attached hydrogens (tertiary/aromatic N) is 1. The van der Waals surface area contributed by atoms with Crippen LogP contribution in [0.2, 0.25) is 0 Å². The first-order valence-electron chi connectivity index (χ1n) is 5.88. The maximum atomic E-state index is 11.7. The molecule has 1 unspecified atom stereocenters. The van der Waals surface area contributed by atoms with Crippen LogP contribution in [0.25, 0.3) is 0 Å². The number of rotatable bonds is 3. The Morgan fingerprint density at radius 1 is 1.38 bits per heavy atom.